The average molecular weight is 292 g/mol. The van der Waals surface area contributed by atoms with Crippen molar-refractivity contribution in [2.75, 3.05) is 4.90 Å². The maximum atomic E-state index is 12.1. The summed E-state index contributed by atoms with van der Waals surface area (Å²) in [6, 6.07) is 17.3. The summed E-state index contributed by atoms with van der Waals surface area (Å²) < 4.78 is 0. The molecule has 2 aromatic rings. The van der Waals surface area contributed by atoms with Gasteiger partial charge in [-0.1, -0.05) is 36.4 Å². The van der Waals surface area contributed by atoms with E-state index in [1.807, 2.05) is 61.5 Å². The van der Waals surface area contributed by atoms with E-state index in [4.69, 9.17) is 0 Å². The van der Waals surface area contributed by atoms with Crippen molar-refractivity contribution in [2.24, 2.45) is 15.2 Å². The van der Waals surface area contributed by atoms with E-state index in [1.54, 1.807) is 11.8 Å². The number of amides is 1. The van der Waals surface area contributed by atoms with Crippen LogP contribution in [0.4, 0.5) is 11.4 Å². The van der Waals surface area contributed by atoms with Gasteiger partial charge >= 0.3 is 0 Å². The van der Waals surface area contributed by atoms with Crippen molar-refractivity contribution in [1.29, 1.82) is 0 Å². The fourth-order valence-electron chi connectivity index (χ4n) is 2.37. The van der Waals surface area contributed by atoms with Crippen LogP contribution in [0, 0.1) is 6.92 Å². The molecule has 0 N–H and O–H groups in total. The Morgan fingerprint density at radius 2 is 1.68 bits per heavy atom. The summed E-state index contributed by atoms with van der Waals surface area (Å²) in [7, 11) is 0. The second-order valence-electron chi connectivity index (χ2n) is 5.08. The molecule has 1 aliphatic rings. The number of anilines is 1. The molecule has 0 radical (unpaired) electrons. The molecule has 0 aliphatic carbocycles. The second-order valence-corrected chi connectivity index (χ2v) is 5.08. The van der Waals surface area contributed by atoms with Gasteiger partial charge in [-0.25, -0.2) is 0 Å². The van der Waals surface area contributed by atoms with Crippen LogP contribution < -0.4 is 4.90 Å². The molecule has 0 fully saturated rings. The Kier molecular flexibility index (Phi) is 3.78. The Morgan fingerprint density at radius 3 is 2.41 bits per heavy atom. The molecule has 110 valence electrons. The molecule has 0 saturated carbocycles. The number of aryl methyl sites for hydroxylation is 1. The van der Waals surface area contributed by atoms with Crippen molar-refractivity contribution in [3.63, 3.8) is 0 Å². The lowest BCUT2D eigenvalue weighted by Crippen LogP contribution is -2.35. The number of benzene rings is 2. The SMILES string of the molecule is CC1=NC(=O)C(N=Nc2ccccc2C)N1c1ccccc1. The van der Waals surface area contributed by atoms with E-state index in [-0.39, 0.29) is 5.91 Å². The molecule has 2 aromatic carbocycles. The topological polar surface area (TPSA) is 57.4 Å². The zero-order valence-corrected chi connectivity index (χ0v) is 12.5. The van der Waals surface area contributed by atoms with E-state index in [9.17, 15) is 4.79 Å². The summed E-state index contributed by atoms with van der Waals surface area (Å²) in [6.45, 7) is 3.76. The van der Waals surface area contributed by atoms with E-state index in [0.717, 1.165) is 16.9 Å². The van der Waals surface area contributed by atoms with Crippen LogP contribution in [0.15, 0.2) is 69.8 Å². The number of para-hydroxylation sites is 1. The Morgan fingerprint density at radius 1 is 1.00 bits per heavy atom. The van der Waals surface area contributed by atoms with Crippen LogP contribution in [0.3, 0.4) is 0 Å². The number of rotatable bonds is 3. The third-order valence-corrected chi connectivity index (χ3v) is 3.51. The fourth-order valence-corrected chi connectivity index (χ4v) is 2.37. The molecular weight excluding hydrogens is 276 g/mol. The number of hydrogen-bond acceptors (Lipinski definition) is 4. The van der Waals surface area contributed by atoms with Crippen molar-refractivity contribution in [3.05, 3.63) is 60.2 Å². The van der Waals surface area contributed by atoms with Crippen molar-refractivity contribution in [1.82, 2.24) is 0 Å². The van der Waals surface area contributed by atoms with Gasteiger partial charge in [0.2, 0.25) is 6.17 Å². The molecule has 5 heteroatoms. The lowest BCUT2D eigenvalue weighted by molar-refractivity contribution is -0.118. The first-order valence-corrected chi connectivity index (χ1v) is 7.07. The largest absolute Gasteiger partial charge is 0.297 e. The zero-order chi connectivity index (χ0) is 15.5. The van der Waals surface area contributed by atoms with E-state index in [2.05, 4.69) is 15.2 Å². The summed E-state index contributed by atoms with van der Waals surface area (Å²) in [5, 5.41) is 8.47. The van der Waals surface area contributed by atoms with Crippen LogP contribution in [0.2, 0.25) is 0 Å². The van der Waals surface area contributed by atoms with E-state index >= 15 is 0 Å². The Labute approximate surface area is 129 Å². The standard InChI is InChI=1S/C17H16N4O/c1-12-8-6-7-11-15(12)19-20-16-17(22)18-13(2)21(16)14-9-4-3-5-10-14/h3-11,16H,1-2H3. The molecule has 1 atom stereocenters. The molecule has 0 bridgehead atoms. The number of azo groups is 1. The molecule has 1 unspecified atom stereocenters. The molecule has 22 heavy (non-hydrogen) atoms. The molecule has 5 nitrogen and oxygen atoms in total. The summed E-state index contributed by atoms with van der Waals surface area (Å²) in [6.07, 6.45) is -0.734. The predicted molar refractivity (Wildman–Crippen MR) is 86.5 cm³/mol. The van der Waals surface area contributed by atoms with Crippen LogP contribution in [0.1, 0.15) is 12.5 Å². The third kappa shape index (κ3) is 2.65. The summed E-state index contributed by atoms with van der Waals surface area (Å²) in [4.78, 5) is 17.9. The zero-order valence-electron chi connectivity index (χ0n) is 12.5. The van der Waals surface area contributed by atoms with Gasteiger partial charge in [-0.3, -0.25) is 9.69 Å². The van der Waals surface area contributed by atoms with E-state index in [0.29, 0.717) is 5.84 Å². The molecule has 3 rings (SSSR count). The number of carbonyl (C=O) groups excluding carboxylic acids is 1. The predicted octanol–water partition coefficient (Wildman–Crippen LogP) is 3.87. The van der Waals surface area contributed by atoms with Gasteiger partial charge in [0, 0.05) is 5.69 Å². The lowest BCUT2D eigenvalue weighted by atomic mass is 10.2. The fraction of sp³-hybridized carbons (Fsp3) is 0.176. The van der Waals surface area contributed by atoms with E-state index < -0.39 is 6.17 Å². The van der Waals surface area contributed by atoms with Crippen LogP contribution in [-0.4, -0.2) is 17.9 Å². The minimum atomic E-state index is -0.734. The van der Waals surface area contributed by atoms with Gasteiger partial charge in [-0.05, 0) is 37.6 Å². The van der Waals surface area contributed by atoms with Crippen LogP contribution in [-0.2, 0) is 4.79 Å². The lowest BCUT2D eigenvalue weighted by Gasteiger charge is -2.21. The number of nitrogens with zero attached hydrogens (tertiary/aromatic N) is 4. The minimum Gasteiger partial charge on any atom is -0.297 e. The first kappa shape index (κ1) is 14.1. The number of hydrogen-bond donors (Lipinski definition) is 0. The van der Waals surface area contributed by atoms with Crippen molar-refractivity contribution < 1.29 is 4.79 Å². The molecule has 1 heterocycles. The number of amidine groups is 1. The van der Waals surface area contributed by atoms with Gasteiger partial charge in [0.25, 0.3) is 5.91 Å². The van der Waals surface area contributed by atoms with Crippen molar-refractivity contribution in [3.8, 4) is 0 Å². The van der Waals surface area contributed by atoms with Crippen molar-refractivity contribution >= 4 is 23.1 Å². The second kappa shape index (κ2) is 5.89. The van der Waals surface area contributed by atoms with Gasteiger partial charge in [-0.15, -0.1) is 0 Å². The Bertz CT molecular complexity index is 752. The highest BCUT2D eigenvalue weighted by Gasteiger charge is 2.34. The van der Waals surface area contributed by atoms with Gasteiger partial charge in [-0.2, -0.15) is 15.2 Å². The van der Waals surface area contributed by atoms with Gasteiger partial charge in [0.05, 0.1) is 5.69 Å². The molecule has 1 aliphatic heterocycles. The van der Waals surface area contributed by atoms with Gasteiger partial charge < -0.3 is 0 Å². The molecular formula is C17H16N4O. The summed E-state index contributed by atoms with van der Waals surface area (Å²) >= 11 is 0. The van der Waals surface area contributed by atoms with Crippen LogP contribution in [0.25, 0.3) is 0 Å². The smallest absolute Gasteiger partial charge is 0.295 e. The third-order valence-electron chi connectivity index (χ3n) is 3.51. The number of carbonyl (C=O) groups is 1. The first-order chi connectivity index (χ1) is 10.7. The maximum Gasteiger partial charge on any atom is 0.295 e. The number of aliphatic imine (C=N–C) groups is 1. The summed E-state index contributed by atoms with van der Waals surface area (Å²) in [5.74, 6) is 0.337. The highest BCUT2D eigenvalue weighted by atomic mass is 16.2. The van der Waals surface area contributed by atoms with Gasteiger partial charge in [0.15, 0.2) is 0 Å². The maximum absolute atomic E-state index is 12.1. The van der Waals surface area contributed by atoms with Crippen molar-refractivity contribution in [2.45, 2.75) is 20.0 Å². The van der Waals surface area contributed by atoms with Gasteiger partial charge in [0.1, 0.15) is 5.84 Å². The van der Waals surface area contributed by atoms with Crippen LogP contribution >= 0.6 is 0 Å². The first-order valence-electron chi connectivity index (χ1n) is 7.07. The normalized spacial score (nSPS) is 18.1. The Balaban J connectivity index is 1.92. The molecule has 0 saturated heterocycles. The monoisotopic (exact) mass is 292 g/mol. The minimum absolute atomic E-state index is 0.293. The van der Waals surface area contributed by atoms with E-state index in [1.165, 1.54) is 0 Å². The molecule has 0 aromatic heterocycles. The quantitative estimate of drug-likeness (QED) is 0.806. The Hall–Kier alpha value is -2.82. The average Bonchev–Trinajstić information content (AvgIpc) is 2.81. The molecule has 0 spiro atoms. The summed E-state index contributed by atoms with van der Waals surface area (Å²) in [5.41, 5.74) is 2.65. The van der Waals surface area contributed by atoms with Crippen LogP contribution in [0.5, 0.6) is 0 Å². The highest BCUT2D eigenvalue weighted by molar-refractivity contribution is 6.13. The highest BCUT2D eigenvalue weighted by Crippen LogP contribution is 2.25. The molecule has 1 amide bonds.